The van der Waals surface area contributed by atoms with E-state index in [1.54, 1.807) is 6.08 Å². The lowest BCUT2D eigenvalue weighted by Gasteiger charge is -2.25. The molecule has 8 nitrogen and oxygen atoms in total. The normalized spacial score (nSPS) is 14.6. The van der Waals surface area contributed by atoms with Gasteiger partial charge in [-0.1, -0.05) is 215 Å². The second-order valence-corrected chi connectivity index (χ2v) is 21.0. The molecule has 0 aliphatic heterocycles. The fourth-order valence-corrected chi connectivity index (χ4v) is 8.29. The van der Waals surface area contributed by atoms with E-state index in [4.69, 9.17) is 9.05 Å². The molecule has 0 saturated carbocycles. The molecule has 66 heavy (non-hydrogen) atoms. The second kappa shape index (κ2) is 48.0. The minimum atomic E-state index is -4.36. The van der Waals surface area contributed by atoms with Gasteiger partial charge >= 0.3 is 7.82 Å². The van der Waals surface area contributed by atoms with E-state index in [-0.39, 0.29) is 19.1 Å². The molecule has 3 N–H and O–H groups in total. The van der Waals surface area contributed by atoms with Gasteiger partial charge in [0.05, 0.1) is 39.9 Å². The highest BCUT2D eigenvalue weighted by molar-refractivity contribution is 7.47. The van der Waals surface area contributed by atoms with Gasteiger partial charge in [0, 0.05) is 6.42 Å². The molecule has 1 amide bonds. The zero-order valence-corrected chi connectivity index (χ0v) is 44.6. The number of hydrogen-bond acceptors (Lipinski definition) is 5. The Bertz CT molecular complexity index is 1300. The van der Waals surface area contributed by atoms with Crippen LogP contribution in [0, 0.1) is 0 Å². The molecule has 0 spiro atoms. The molecule has 384 valence electrons. The predicted octanol–water partition coefficient (Wildman–Crippen LogP) is 16.3. The van der Waals surface area contributed by atoms with Crippen LogP contribution >= 0.6 is 7.82 Å². The average molecular weight is 946 g/mol. The third-order valence-corrected chi connectivity index (χ3v) is 12.9. The topological polar surface area (TPSA) is 105 Å². The zero-order valence-electron chi connectivity index (χ0n) is 43.7. The Hall–Kier alpha value is -2.06. The van der Waals surface area contributed by atoms with Crippen LogP contribution in [0.15, 0.2) is 72.9 Å². The first-order chi connectivity index (χ1) is 32.0. The number of aliphatic hydroxyl groups excluding tert-OH is 1. The van der Waals surface area contributed by atoms with Crippen molar-refractivity contribution < 1.29 is 32.9 Å². The number of unbranched alkanes of at least 4 members (excludes halogenated alkanes) is 26. The third kappa shape index (κ3) is 49.8. The van der Waals surface area contributed by atoms with E-state index in [9.17, 15) is 19.4 Å². The lowest BCUT2D eigenvalue weighted by atomic mass is 10.0. The maximum Gasteiger partial charge on any atom is 0.472 e. The number of aliphatic hydroxyl groups is 1. The third-order valence-electron chi connectivity index (χ3n) is 11.9. The lowest BCUT2D eigenvalue weighted by molar-refractivity contribution is -0.870. The van der Waals surface area contributed by atoms with E-state index in [0.717, 1.165) is 70.6 Å². The van der Waals surface area contributed by atoms with Crippen LogP contribution in [0.2, 0.25) is 0 Å². The van der Waals surface area contributed by atoms with Gasteiger partial charge in [0.15, 0.2) is 0 Å². The van der Waals surface area contributed by atoms with Crippen LogP contribution in [0.3, 0.4) is 0 Å². The van der Waals surface area contributed by atoms with Crippen LogP contribution in [0.25, 0.3) is 0 Å². The fraction of sp³-hybridized carbons (Fsp3) is 0.772. The summed E-state index contributed by atoms with van der Waals surface area (Å²) in [6, 6.07) is -0.881. The van der Waals surface area contributed by atoms with Crippen molar-refractivity contribution in [3.05, 3.63) is 72.9 Å². The molecule has 0 aromatic carbocycles. The summed E-state index contributed by atoms with van der Waals surface area (Å²) in [5.41, 5.74) is 0. The molecule has 0 aromatic heterocycles. The van der Waals surface area contributed by atoms with E-state index >= 15 is 0 Å². The number of carbonyl (C=O) groups is 1. The Morgan fingerprint density at radius 1 is 0.515 bits per heavy atom. The van der Waals surface area contributed by atoms with Crippen molar-refractivity contribution >= 4 is 13.7 Å². The van der Waals surface area contributed by atoms with Crippen LogP contribution < -0.4 is 5.32 Å². The number of quaternary nitrogens is 1. The quantitative estimate of drug-likeness (QED) is 0.0243. The SMILES string of the molecule is CCCCC/C=C\C/C=C\C/C=C\CCCCCCCCC(=O)NC(COP(=O)(O)OCC[N+](C)(C)C)C(O)/C=C/CC/C=C/CC/C=C/CCCCCCCCCCCCCCCCC. The van der Waals surface area contributed by atoms with Gasteiger partial charge in [-0.15, -0.1) is 0 Å². The van der Waals surface area contributed by atoms with Gasteiger partial charge in [0.2, 0.25) is 5.91 Å². The number of nitrogens with zero attached hydrogens (tertiary/aromatic N) is 1. The van der Waals surface area contributed by atoms with Crippen LogP contribution in [0.1, 0.15) is 232 Å². The lowest BCUT2D eigenvalue weighted by Crippen LogP contribution is -2.45. The van der Waals surface area contributed by atoms with Crippen LogP contribution in [0.5, 0.6) is 0 Å². The summed E-state index contributed by atoms with van der Waals surface area (Å²) in [4.78, 5) is 23.2. The Labute approximate surface area is 408 Å². The zero-order chi connectivity index (χ0) is 48.5. The van der Waals surface area contributed by atoms with Crippen LogP contribution in [-0.2, 0) is 18.4 Å². The molecule has 3 atom stereocenters. The number of allylic oxidation sites excluding steroid dienone is 11. The molecular weight excluding hydrogens is 840 g/mol. The minimum absolute atomic E-state index is 0.0476. The fourth-order valence-electron chi connectivity index (χ4n) is 7.55. The van der Waals surface area contributed by atoms with E-state index in [0.29, 0.717) is 17.4 Å². The maximum atomic E-state index is 12.9. The van der Waals surface area contributed by atoms with E-state index < -0.39 is 20.0 Å². The van der Waals surface area contributed by atoms with Crippen molar-refractivity contribution in [2.24, 2.45) is 0 Å². The van der Waals surface area contributed by atoms with Crippen molar-refractivity contribution in [1.82, 2.24) is 5.32 Å². The second-order valence-electron chi connectivity index (χ2n) is 19.6. The molecule has 0 fully saturated rings. The molecule has 0 aliphatic carbocycles. The summed E-state index contributed by atoms with van der Waals surface area (Å²) in [6.45, 7) is 4.75. The molecule has 0 aromatic rings. The van der Waals surface area contributed by atoms with Crippen molar-refractivity contribution in [1.29, 1.82) is 0 Å². The highest BCUT2D eigenvalue weighted by Gasteiger charge is 2.27. The molecule has 3 unspecified atom stereocenters. The molecule has 0 bridgehead atoms. The van der Waals surface area contributed by atoms with Gasteiger partial charge in [-0.2, -0.15) is 0 Å². The maximum absolute atomic E-state index is 12.9. The first kappa shape index (κ1) is 63.9. The molecule has 9 heteroatoms. The first-order valence-electron chi connectivity index (χ1n) is 27.3. The smallest absolute Gasteiger partial charge is 0.387 e. The minimum Gasteiger partial charge on any atom is -0.387 e. The Morgan fingerprint density at radius 2 is 0.879 bits per heavy atom. The number of phosphoric ester groups is 1. The largest absolute Gasteiger partial charge is 0.472 e. The molecule has 0 saturated heterocycles. The van der Waals surface area contributed by atoms with Crippen molar-refractivity contribution in [2.45, 2.75) is 244 Å². The van der Waals surface area contributed by atoms with Crippen LogP contribution in [0.4, 0.5) is 0 Å². The summed E-state index contributed by atoms with van der Waals surface area (Å²) in [7, 11) is 1.53. The predicted molar refractivity (Wildman–Crippen MR) is 286 cm³/mol. The van der Waals surface area contributed by atoms with E-state index in [2.05, 4.69) is 79.9 Å². The van der Waals surface area contributed by atoms with Crippen molar-refractivity contribution in [2.75, 3.05) is 40.9 Å². The number of likely N-dealkylation sites (N-methyl/N-ethyl adjacent to an activating group) is 1. The molecule has 0 rings (SSSR count). The number of rotatable bonds is 49. The number of carbonyl (C=O) groups excluding carboxylic acids is 1. The Balaban J connectivity index is 4.37. The van der Waals surface area contributed by atoms with Gasteiger partial charge in [-0.05, 0) is 83.5 Å². The average Bonchev–Trinajstić information content (AvgIpc) is 3.28. The number of hydrogen-bond donors (Lipinski definition) is 3. The highest BCUT2D eigenvalue weighted by Crippen LogP contribution is 2.43. The summed E-state index contributed by atoms with van der Waals surface area (Å²) >= 11 is 0. The summed E-state index contributed by atoms with van der Waals surface area (Å²) < 4.78 is 23.6. The Morgan fingerprint density at radius 3 is 1.35 bits per heavy atom. The van der Waals surface area contributed by atoms with Crippen molar-refractivity contribution in [3.8, 4) is 0 Å². The van der Waals surface area contributed by atoms with Gasteiger partial charge in [-0.3, -0.25) is 13.8 Å². The highest BCUT2D eigenvalue weighted by atomic mass is 31.2. The number of nitrogens with one attached hydrogen (secondary N) is 1. The van der Waals surface area contributed by atoms with Gasteiger partial charge in [0.1, 0.15) is 13.2 Å². The van der Waals surface area contributed by atoms with Gasteiger partial charge < -0.3 is 19.8 Å². The molecule has 0 radical (unpaired) electrons. The molecule has 0 aliphatic rings. The van der Waals surface area contributed by atoms with Crippen molar-refractivity contribution in [3.63, 3.8) is 0 Å². The van der Waals surface area contributed by atoms with Gasteiger partial charge in [0.25, 0.3) is 0 Å². The summed E-state index contributed by atoms with van der Waals surface area (Å²) in [5.74, 6) is -0.205. The standard InChI is InChI=1S/C57H105N2O6P/c1-6-8-10-12-14-16-18-20-22-24-26-27-28-29-30-31-33-34-36-38-40-42-44-46-48-50-56(60)55(54-65-66(62,63)64-53-52-59(3,4)5)58-57(61)51-49-47-45-43-41-39-37-35-32-25-23-21-19-17-15-13-11-9-7-2/h15,17,21,23,32-35,40,42,48,50,55-56,60H,6-14,16,18-20,22,24-31,36-39,41,43-47,49,51-54H2,1-5H3,(H-,58,61,62,63)/p+1/b17-15-,23-21-,34-33+,35-32-,42-40+,50-48+. The summed E-state index contributed by atoms with van der Waals surface area (Å²) in [6.07, 6.45) is 65.7. The van der Waals surface area contributed by atoms with E-state index in [1.165, 1.54) is 141 Å². The summed E-state index contributed by atoms with van der Waals surface area (Å²) in [5, 5.41) is 13.9. The number of phosphoric acid groups is 1. The molecular formula is C57H106N2O6P+. The van der Waals surface area contributed by atoms with Gasteiger partial charge in [-0.25, -0.2) is 4.57 Å². The van der Waals surface area contributed by atoms with E-state index in [1.807, 2.05) is 27.2 Å². The molecule has 0 heterocycles. The monoisotopic (exact) mass is 946 g/mol. The first-order valence-corrected chi connectivity index (χ1v) is 28.8. The Kier molecular flexibility index (Phi) is 46.5. The number of amides is 1. The van der Waals surface area contributed by atoms with Crippen LogP contribution in [-0.4, -0.2) is 73.4 Å².